The molecule has 1 atom stereocenters. The number of nitrogens with two attached hydrogens (primary N) is 1. The monoisotopic (exact) mass is 214 g/mol. The van der Waals surface area contributed by atoms with Crippen LogP contribution in [0.1, 0.15) is 12.5 Å². The number of hydrogen-bond acceptors (Lipinski definition) is 2. The lowest BCUT2D eigenvalue weighted by molar-refractivity contribution is 0.253. The number of alkyl halides is 1. The fraction of sp³-hybridized carbons (Fsp3) is 0.200. The highest BCUT2D eigenvalue weighted by atomic mass is 19.2. The summed E-state index contributed by atoms with van der Waals surface area (Å²) < 4.78 is 40.2. The molecule has 0 aromatic heterocycles. The van der Waals surface area contributed by atoms with Crippen molar-refractivity contribution in [2.45, 2.75) is 13.2 Å². The third-order valence-electron chi connectivity index (χ3n) is 2.39. The summed E-state index contributed by atoms with van der Waals surface area (Å²) in [6.45, 7) is 1.21. The maximum Gasteiger partial charge on any atom is 0.224 e. The summed E-state index contributed by atoms with van der Waals surface area (Å²) in [6, 6.07) is 3.98. The van der Waals surface area contributed by atoms with Crippen molar-refractivity contribution in [1.82, 2.24) is 0 Å². The Hall–Kier alpha value is -1.65. The molecule has 1 heterocycles. The predicted molar refractivity (Wildman–Crippen MR) is 53.0 cm³/mol. The lowest BCUT2D eigenvalue weighted by atomic mass is 10.0. The van der Waals surface area contributed by atoms with E-state index in [4.69, 9.17) is 5.73 Å². The number of halogens is 3. The van der Waals surface area contributed by atoms with Crippen LogP contribution in [0.4, 0.5) is 24.6 Å². The van der Waals surface area contributed by atoms with Crippen molar-refractivity contribution in [2.24, 2.45) is 0 Å². The van der Waals surface area contributed by atoms with Crippen LogP contribution in [-0.4, -0.2) is 6.30 Å². The Bertz CT molecular complexity index is 442. The predicted octanol–water partition coefficient (Wildman–Crippen LogP) is 2.97. The molecule has 80 valence electrons. The average molecular weight is 214 g/mol. The van der Waals surface area contributed by atoms with E-state index in [2.05, 4.69) is 0 Å². The van der Waals surface area contributed by atoms with Gasteiger partial charge in [-0.2, -0.15) is 5.12 Å². The highest BCUT2D eigenvalue weighted by Crippen LogP contribution is 2.40. The summed E-state index contributed by atoms with van der Waals surface area (Å²) >= 11 is 0. The molecule has 1 aromatic carbocycles. The normalized spacial score (nSPS) is 20.5. The van der Waals surface area contributed by atoms with Gasteiger partial charge in [0.15, 0.2) is 0 Å². The van der Waals surface area contributed by atoms with Crippen molar-refractivity contribution in [2.75, 3.05) is 10.9 Å². The van der Waals surface area contributed by atoms with Crippen LogP contribution in [0.5, 0.6) is 0 Å². The lowest BCUT2D eigenvalue weighted by Gasteiger charge is -2.26. The second kappa shape index (κ2) is 3.18. The topological polar surface area (TPSA) is 29.3 Å². The molecule has 0 fully saturated rings. The number of hydrogen-bond donors (Lipinski definition) is 1. The van der Waals surface area contributed by atoms with Crippen molar-refractivity contribution in [3.63, 3.8) is 0 Å². The first-order chi connectivity index (χ1) is 7.02. The number of nitrogen functional groups attached to an aromatic ring is 1. The number of benzene rings is 1. The van der Waals surface area contributed by atoms with Crippen LogP contribution in [0.2, 0.25) is 0 Å². The Morgan fingerprint density at radius 1 is 1.40 bits per heavy atom. The van der Waals surface area contributed by atoms with Gasteiger partial charge in [0.25, 0.3) is 0 Å². The molecule has 1 aliphatic heterocycles. The Morgan fingerprint density at radius 3 is 2.73 bits per heavy atom. The summed E-state index contributed by atoms with van der Waals surface area (Å²) in [6.07, 6.45) is -2.08. The van der Waals surface area contributed by atoms with Gasteiger partial charge < -0.3 is 5.73 Å². The quantitative estimate of drug-likeness (QED) is 0.408. The van der Waals surface area contributed by atoms with Crippen molar-refractivity contribution in [1.29, 1.82) is 0 Å². The van der Waals surface area contributed by atoms with Crippen molar-refractivity contribution in [3.8, 4) is 0 Å². The molecule has 5 heteroatoms. The second-order valence-electron chi connectivity index (χ2n) is 3.42. The first-order valence-corrected chi connectivity index (χ1v) is 4.37. The maximum absolute atomic E-state index is 13.5. The molecule has 0 saturated heterocycles. The molecule has 0 bridgehead atoms. The third kappa shape index (κ3) is 1.35. The molecule has 2 nitrogen and oxygen atoms in total. The van der Waals surface area contributed by atoms with Gasteiger partial charge in [0.2, 0.25) is 6.30 Å². The van der Waals surface area contributed by atoms with Gasteiger partial charge in [-0.25, -0.2) is 8.78 Å². The molecular weight excluding hydrogens is 205 g/mol. The molecule has 0 amide bonds. The van der Waals surface area contributed by atoms with Crippen LogP contribution >= 0.6 is 0 Å². The minimum absolute atomic E-state index is 0.0260. The van der Waals surface area contributed by atoms with Gasteiger partial charge in [0.05, 0.1) is 5.69 Å². The number of rotatable bonds is 0. The van der Waals surface area contributed by atoms with Gasteiger partial charge in [-0.1, -0.05) is 4.48 Å². The Kier molecular flexibility index (Phi) is 2.10. The molecule has 1 unspecified atom stereocenters. The van der Waals surface area contributed by atoms with Crippen molar-refractivity contribution < 1.29 is 13.3 Å². The molecule has 2 N–H and O–H groups in total. The summed E-state index contributed by atoms with van der Waals surface area (Å²) in [5.74, 6) is -0.730. The van der Waals surface area contributed by atoms with E-state index in [0.717, 1.165) is 0 Å². The minimum Gasteiger partial charge on any atom is -0.399 e. The number of nitrogens with zero attached hydrogens (tertiary/aromatic N) is 1. The minimum atomic E-state index is -2.08. The smallest absolute Gasteiger partial charge is 0.224 e. The van der Waals surface area contributed by atoms with Gasteiger partial charge in [-0.3, -0.25) is 0 Å². The Labute approximate surface area is 84.7 Å². The van der Waals surface area contributed by atoms with Gasteiger partial charge in [0.1, 0.15) is 5.83 Å². The number of anilines is 2. The molecule has 15 heavy (non-hydrogen) atoms. The van der Waals surface area contributed by atoms with Crippen LogP contribution in [0.25, 0.3) is 5.83 Å². The van der Waals surface area contributed by atoms with Crippen molar-refractivity contribution in [3.05, 3.63) is 29.3 Å². The molecule has 0 saturated carbocycles. The summed E-state index contributed by atoms with van der Waals surface area (Å²) in [5.41, 5.74) is 5.26. The van der Waals surface area contributed by atoms with E-state index in [1.54, 1.807) is 0 Å². The number of fused-ring (bicyclic) bond motifs is 1. The molecular formula is C10H9F3N2. The summed E-state index contributed by atoms with van der Waals surface area (Å²) in [4.78, 5) is 0. The Balaban J connectivity index is 2.66. The first-order valence-electron chi connectivity index (χ1n) is 4.37. The van der Waals surface area contributed by atoms with Crippen molar-refractivity contribution >= 4 is 17.2 Å². The van der Waals surface area contributed by atoms with Crippen LogP contribution in [0.15, 0.2) is 23.8 Å². The van der Waals surface area contributed by atoms with E-state index in [0.29, 0.717) is 0 Å². The molecule has 1 aromatic rings. The van der Waals surface area contributed by atoms with E-state index in [9.17, 15) is 13.3 Å². The highest BCUT2D eigenvalue weighted by molar-refractivity contribution is 5.80. The van der Waals surface area contributed by atoms with E-state index < -0.39 is 12.1 Å². The zero-order valence-corrected chi connectivity index (χ0v) is 7.97. The second-order valence-corrected chi connectivity index (χ2v) is 3.42. The molecule has 2 rings (SSSR count). The molecule has 1 aliphatic rings. The van der Waals surface area contributed by atoms with Gasteiger partial charge in [-0.15, -0.1) is 0 Å². The SMILES string of the molecule is CC1=C(F)c2ccc(N)cc2N(F)C1F. The largest absolute Gasteiger partial charge is 0.399 e. The van der Waals surface area contributed by atoms with Crippen LogP contribution < -0.4 is 10.9 Å². The zero-order chi connectivity index (χ0) is 11.2. The first kappa shape index (κ1) is 9.89. The third-order valence-corrected chi connectivity index (χ3v) is 2.39. The average Bonchev–Trinajstić information content (AvgIpc) is 2.23. The van der Waals surface area contributed by atoms with Crippen LogP contribution in [0.3, 0.4) is 0 Å². The maximum atomic E-state index is 13.5. The van der Waals surface area contributed by atoms with E-state index in [-0.39, 0.29) is 27.6 Å². The van der Waals surface area contributed by atoms with Crippen LogP contribution in [-0.2, 0) is 0 Å². The van der Waals surface area contributed by atoms with E-state index in [1.165, 1.54) is 25.1 Å². The zero-order valence-electron chi connectivity index (χ0n) is 7.97. The van der Waals surface area contributed by atoms with Gasteiger partial charge in [0, 0.05) is 16.8 Å². The standard InChI is InChI=1S/C10H9F3N2/c1-5-9(11)7-3-2-6(14)4-8(7)15(13)10(5)12/h2-4,10H,14H2,1H3. The highest BCUT2D eigenvalue weighted by Gasteiger charge is 2.31. The van der Waals surface area contributed by atoms with E-state index in [1.807, 2.05) is 0 Å². The molecule has 0 radical (unpaired) electrons. The fourth-order valence-corrected chi connectivity index (χ4v) is 1.52. The van der Waals surface area contributed by atoms with Gasteiger partial charge in [-0.05, 0) is 25.1 Å². The van der Waals surface area contributed by atoms with Crippen LogP contribution in [0, 0.1) is 0 Å². The van der Waals surface area contributed by atoms with Gasteiger partial charge >= 0.3 is 0 Å². The summed E-state index contributed by atoms with van der Waals surface area (Å²) in [7, 11) is 0. The lowest BCUT2D eigenvalue weighted by Crippen LogP contribution is -2.29. The molecule has 0 aliphatic carbocycles. The van der Waals surface area contributed by atoms with E-state index >= 15 is 0 Å². The fourth-order valence-electron chi connectivity index (χ4n) is 1.52. The molecule has 0 spiro atoms. The summed E-state index contributed by atoms with van der Waals surface area (Å²) in [5, 5.41) is -0.121. The Morgan fingerprint density at radius 2 is 2.07 bits per heavy atom.